The molecule has 33 nitrogen and oxygen atoms in total. The summed E-state index contributed by atoms with van der Waals surface area (Å²) in [6.07, 6.45) is 18.8. The number of hydrogen-bond acceptors (Lipinski definition) is 26. The van der Waals surface area contributed by atoms with Crippen LogP contribution in [0.5, 0.6) is 0 Å². The van der Waals surface area contributed by atoms with Gasteiger partial charge in [-0.2, -0.15) is 9.97 Å². The van der Waals surface area contributed by atoms with E-state index in [0.29, 0.717) is 142 Å². The molecule has 0 saturated carbocycles. The highest BCUT2D eigenvalue weighted by molar-refractivity contribution is 6.36. The predicted octanol–water partition coefficient (Wildman–Crippen LogP) is 8.37. The number of fused-ring (bicyclic) bond motifs is 6. The van der Waals surface area contributed by atoms with Gasteiger partial charge in [0.15, 0.2) is 16.9 Å². The second kappa shape index (κ2) is 31.4. The van der Waals surface area contributed by atoms with Crippen LogP contribution in [0, 0.1) is 13.8 Å². The monoisotopic (exact) mass is 1530 g/mol. The van der Waals surface area contributed by atoms with Crippen LogP contribution in [0.2, 0.25) is 20.2 Å². The molecule has 3 aliphatic heterocycles. The Morgan fingerprint density at radius 2 is 0.833 bits per heavy atom. The van der Waals surface area contributed by atoms with Crippen LogP contribution in [0.1, 0.15) is 85.8 Å². The standard InChI is InChI=1S/C24H19ClN8O2.C23H18ClN9O2.C17H15ClN4O.C7H5ClN4O.H3N.H2O/c1-13-29-20-19(23(34)28-12-27-20)22(30-13)32-10-4-8-17(32)21-31-16-7-2-6-15(25)18(16)24(35)33(21)14-5-3-9-26-11-14;24-13-5-1-6-14-16(13)22(35)33(12-4-2-8-26-10-12)19(29-14)15-7-3-9-32(15)20-17-18(30-23(25)31-20)27-11-28-21(17)34;18-12-5-1-6-13-15(12)17(23)22(11-4-2-8-19-10-11)16(21-13)14-7-3-9-20-14;1-3-11-5(8)4-6(12-3)9-2-10-7(4)13;;/h2-3,5-7,9,11-12,17H,4,8,10H2,1H3,(H,27,28,29,30,34);1-2,4-6,8,10-11,15H,3,7,9H2,(H3,25,27,28,30,31,34);1-2,4-6,8,10,14,20H,3,7,9H2;2H,1H3,(H,9,10,11,12,13);1H3;1H2/t17-;15-;14-;;;/m000.../s1. The van der Waals surface area contributed by atoms with E-state index in [1.165, 1.54) is 23.5 Å². The smallest absolute Gasteiger partial charge is 0.267 e. The fraction of sp³-hybridized carbons (Fsp3) is 0.197. The lowest BCUT2D eigenvalue weighted by Gasteiger charge is -2.28. The number of hydrogen-bond donors (Lipinski definition) is 6. The summed E-state index contributed by atoms with van der Waals surface area (Å²) in [6, 6.07) is 25.9. The van der Waals surface area contributed by atoms with Crippen molar-refractivity contribution in [2.45, 2.75) is 70.5 Å². The van der Waals surface area contributed by atoms with E-state index in [1.807, 2.05) is 34.1 Å². The maximum absolute atomic E-state index is 13.8. The van der Waals surface area contributed by atoms with Crippen LogP contribution in [0.25, 0.3) is 82.9 Å². The maximum atomic E-state index is 13.8. The van der Waals surface area contributed by atoms with E-state index in [9.17, 15) is 28.8 Å². The van der Waals surface area contributed by atoms with Crippen LogP contribution >= 0.6 is 46.4 Å². The maximum Gasteiger partial charge on any atom is 0.267 e. The molecular weight excluding hydrogens is 1470 g/mol. The van der Waals surface area contributed by atoms with Crippen molar-refractivity contribution in [2.24, 2.45) is 0 Å². The molecule has 18 rings (SSSR count). The van der Waals surface area contributed by atoms with Crippen molar-refractivity contribution in [3.8, 4) is 17.1 Å². The number of benzene rings is 3. The van der Waals surface area contributed by atoms with E-state index in [-0.39, 0.29) is 90.6 Å². The van der Waals surface area contributed by atoms with E-state index in [1.54, 1.807) is 127 Å². The quantitative estimate of drug-likeness (QED) is 0.0778. The summed E-state index contributed by atoms with van der Waals surface area (Å²) in [5, 5.41) is 6.50. The lowest BCUT2D eigenvalue weighted by atomic mass is 10.1. The molecule has 3 atom stereocenters. The van der Waals surface area contributed by atoms with E-state index in [2.05, 4.69) is 80.1 Å². The highest BCUT2D eigenvalue weighted by atomic mass is 35.5. The van der Waals surface area contributed by atoms with Gasteiger partial charge in [-0.25, -0.2) is 49.8 Å². The molecule has 0 bridgehead atoms. The van der Waals surface area contributed by atoms with Crippen molar-refractivity contribution < 1.29 is 5.48 Å². The number of aryl methyl sites for hydroxylation is 2. The number of nitrogens with one attached hydrogen (secondary N) is 4. The summed E-state index contributed by atoms with van der Waals surface area (Å²) < 4.78 is 4.71. The Balaban J connectivity index is 0.000000133. The van der Waals surface area contributed by atoms with Crippen molar-refractivity contribution in [2.75, 3.05) is 35.2 Å². The number of nitrogens with zero attached hydrogens (tertiary/aromatic N) is 20. The van der Waals surface area contributed by atoms with Gasteiger partial charge in [0.2, 0.25) is 5.95 Å². The third kappa shape index (κ3) is 14.1. The first kappa shape index (κ1) is 73.9. The molecule has 3 aliphatic rings. The van der Waals surface area contributed by atoms with Crippen LogP contribution in [-0.4, -0.2) is 129 Å². The largest absolute Gasteiger partial charge is 0.412 e. The molecule has 15 heterocycles. The topological polar surface area (TPSA) is 469 Å². The first-order valence-electron chi connectivity index (χ1n) is 33.2. The molecule has 3 fully saturated rings. The van der Waals surface area contributed by atoms with Gasteiger partial charge in [-0.1, -0.05) is 64.6 Å². The molecule has 3 saturated heterocycles. The summed E-state index contributed by atoms with van der Waals surface area (Å²) in [6.45, 7) is 5.58. The first-order chi connectivity index (χ1) is 51.5. The van der Waals surface area contributed by atoms with E-state index >= 15 is 0 Å². The lowest BCUT2D eigenvalue weighted by Crippen LogP contribution is -2.33. The molecule has 108 heavy (non-hydrogen) atoms. The van der Waals surface area contributed by atoms with Gasteiger partial charge >= 0.3 is 0 Å². The minimum absolute atomic E-state index is 0. The zero-order valence-corrected chi connectivity index (χ0v) is 60.2. The van der Waals surface area contributed by atoms with Crippen LogP contribution in [0.3, 0.4) is 0 Å². The van der Waals surface area contributed by atoms with Crippen molar-refractivity contribution in [3.05, 3.63) is 259 Å². The Morgan fingerprint density at radius 3 is 1.26 bits per heavy atom. The third-order valence-electron chi connectivity index (χ3n) is 18.0. The summed E-state index contributed by atoms with van der Waals surface area (Å²) in [5.74, 6) is 3.55. The Labute approximate surface area is 628 Å². The van der Waals surface area contributed by atoms with E-state index in [0.717, 1.165) is 38.1 Å². The summed E-state index contributed by atoms with van der Waals surface area (Å²) in [7, 11) is 0. The molecule has 12 aromatic heterocycles. The molecule has 15 aromatic rings. The third-order valence-corrected chi connectivity index (χ3v) is 19.2. The molecular formula is C71H62Cl4N26O7. The Hall–Kier alpha value is -12.4. The zero-order chi connectivity index (χ0) is 73.4. The number of aromatic nitrogens is 21. The number of nitrogens with two attached hydrogens (primary N) is 1. The van der Waals surface area contributed by atoms with Gasteiger partial charge in [0.05, 0.1) is 121 Å². The van der Waals surface area contributed by atoms with Crippen LogP contribution in [-0.2, 0) is 0 Å². The van der Waals surface area contributed by atoms with E-state index < -0.39 is 0 Å². The van der Waals surface area contributed by atoms with Gasteiger partial charge in [-0.3, -0.25) is 57.4 Å². The molecule has 0 spiro atoms. The average Bonchev–Trinajstić information content (AvgIpc) is 0.927. The fourth-order valence-electron chi connectivity index (χ4n) is 13.5. The highest BCUT2D eigenvalue weighted by Gasteiger charge is 2.37. The number of anilines is 3. The van der Waals surface area contributed by atoms with E-state index in [4.69, 9.17) is 67.1 Å². The lowest BCUT2D eigenvalue weighted by molar-refractivity contribution is 0.584. The molecule has 0 amide bonds. The van der Waals surface area contributed by atoms with Crippen LogP contribution in [0.4, 0.5) is 17.6 Å². The summed E-state index contributed by atoms with van der Waals surface area (Å²) in [4.78, 5) is 154. The van der Waals surface area contributed by atoms with Crippen LogP contribution in [0.15, 0.2) is 176 Å². The number of pyridine rings is 3. The van der Waals surface area contributed by atoms with Crippen LogP contribution < -0.4 is 60.4 Å². The Bertz CT molecular complexity index is 6080. The van der Waals surface area contributed by atoms with Gasteiger partial charge in [-0.15, -0.1) is 0 Å². The second-order valence-electron chi connectivity index (χ2n) is 24.6. The fourth-order valence-corrected chi connectivity index (χ4v) is 14.5. The number of nitrogen functional groups attached to an aromatic ring is 1. The molecule has 546 valence electrons. The van der Waals surface area contributed by atoms with Crippen molar-refractivity contribution >= 4 is 130 Å². The van der Waals surface area contributed by atoms with Gasteiger partial charge in [0, 0.05) is 31.7 Å². The second-order valence-corrected chi connectivity index (χ2v) is 26.2. The highest BCUT2D eigenvalue weighted by Crippen LogP contribution is 2.40. The normalized spacial score (nSPS) is 15.3. The number of halogens is 4. The number of aromatic amines is 3. The van der Waals surface area contributed by atoms with Crippen molar-refractivity contribution in [1.82, 2.24) is 115 Å². The zero-order valence-electron chi connectivity index (χ0n) is 57.1. The van der Waals surface area contributed by atoms with Gasteiger partial charge in [0.1, 0.15) is 62.1 Å². The van der Waals surface area contributed by atoms with Gasteiger partial charge in [0.25, 0.3) is 33.4 Å². The molecule has 37 heteroatoms. The van der Waals surface area contributed by atoms with Gasteiger partial charge in [-0.05, 0) is 132 Å². The molecule has 3 aromatic carbocycles. The minimum atomic E-state index is -0.386. The first-order valence-corrected chi connectivity index (χ1v) is 34.7. The van der Waals surface area contributed by atoms with Crippen molar-refractivity contribution in [1.29, 1.82) is 0 Å². The van der Waals surface area contributed by atoms with Crippen molar-refractivity contribution in [3.63, 3.8) is 0 Å². The summed E-state index contributed by atoms with van der Waals surface area (Å²) in [5.41, 5.74) is 8.51. The Morgan fingerprint density at radius 1 is 0.435 bits per heavy atom. The number of rotatable bonds is 8. The number of H-pyrrole nitrogens is 3. The Kier molecular flexibility index (Phi) is 21.5. The minimum Gasteiger partial charge on any atom is -0.412 e. The molecule has 0 unspecified atom stereocenters. The molecule has 0 aliphatic carbocycles. The summed E-state index contributed by atoms with van der Waals surface area (Å²) >= 11 is 24.8. The average molecular weight is 1530 g/mol. The molecule has 0 radical (unpaired) electrons. The predicted molar refractivity (Wildman–Crippen MR) is 410 cm³/mol. The molecule has 11 N–H and O–H groups in total. The van der Waals surface area contributed by atoms with Gasteiger partial charge < -0.3 is 47.4 Å². The SMILES string of the molecule is Cc1nc(Cl)c2c(=O)[nH]cnc2n1.Cc1nc(N2CCC[C@H]2c2nc3cccc(Cl)c3c(=O)n2-c2cccnc2)c2c(=O)[nH]cnc2n1.N.Nc1nc(N2CCC[C@H]2c2nc3cccc(Cl)c3c(=O)n2-c2cccnc2)c2c(=O)[nH]cnc2n1.O.O=c1c2c(Cl)cccc2nc([C@@H]2CCCN2)n1-c1cccnc1.